The van der Waals surface area contributed by atoms with Gasteiger partial charge in [-0.15, -0.1) is 0 Å². The molecule has 1 N–H and O–H groups in total. The second kappa shape index (κ2) is 8.63. The van der Waals surface area contributed by atoms with E-state index in [1.165, 1.54) is 23.9 Å². The molecular weight excluding hydrogens is 483 g/mol. The molecule has 0 spiro atoms. The molecule has 0 saturated heterocycles. The second-order valence-corrected chi connectivity index (χ2v) is 7.73. The van der Waals surface area contributed by atoms with Crippen LogP contribution in [0.4, 0.5) is 8.78 Å². The number of hydrogen-bond acceptors (Lipinski definition) is 4. The first-order valence-electron chi connectivity index (χ1n) is 7.80. The molecule has 136 valence electrons. The Morgan fingerprint density at radius 2 is 1.78 bits per heavy atom. The number of H-pyrrole nitrogens is 1. The topological polar surface area (TPSA) is 69.5 Å². The van der Waals surface area contributed by atoms with E-state index in [4.69, 9.17) is 5.26 Å². The molecular formula is C19H12F2IN3OS. The van der Waals surface area contributed by atoms with Crippen molar-refractivity contribution in [3.05, 3.63) is 90.4 Å². The summed E-state index contributed by atoms with van der Waals surface area (Å²) in [6.07, 6.45) is 0.154. The summed E-state index contributed by atoms with van der Waals surface area (Å²) in [6.45, 7) is 0. The van der Waals surface area contributed by atoms with E-state index in [-0.39, 0.29) is 12.0 Å². The van der Waals surface area contributed by atoms with Crippen LogP contribution in [0.1, 0.15) is 22.4 Å². The molecule has 0 aliphatic carbocycles. The van der Waals surface area contributed by atoms with Crippen molar-refractivity contribution < 1.29 is 8.78 Å². The molecule has 1 heterocycles. The van der Waals surface area contributed by atoms with E-state index in [1.807, 2.05) is 34.7 Å². The highest BCUT2D eigenvalue weighted by Crippen LogP contribution is 2.21. The molecule has 0 fully saturated rings. The summed E-state index contributed by atoms with van der Waals surface area (Å²) in [6, 6.07) is 12.5. The maximum Gasteiger partial charge on any atom is 0.265 e. The fourth-order valence-electron chi connectivity index (χ4n) is 2.40. The first-order valence-corrected chi connectivity index (χ1v) is 9.86. The third kappa shape index (κ3) is 5.14. The normalized spacial score (nSPS) is 10.6. The number of aromatic amines is 1. The summed E-state index contributed by atoms with van der Waals surface area (Å²) < 4.78 is 27.2. The number of benzene rings is 2. The summed E-state index contributed by atoms with van der Waals surface area (Å²) >= 11 is 3.22. The van der Waals surface area contributed by atoms with Crippen molar-refractivity contribution in [3.8, 4) is 6.07 Å². The highest BCUT2D eigenvalue weighted by atomic mass is 127. The summed E-state index contributed by atoms with van der Waals surface area (Å²) in [5.41, 5.74) is 2.14. The Balaban J connectivity index is 1.80. The number of rotatable bonds is 5. The molecule has 0 amide bonds. The van der Waals surface area contributed by atoms with E-state index in [9.17, 15) is 13.6 Å². The van der Waals surface area contributed by atoms with Crippen LogP contribution in [0.5, 0.6) is 0 Å². The average Bonchev–Trinajstić information content (AvgIpc) is 2.63. The van der Waals surface area contributed by atoms with Gasteiger partial charge in [0.15, 0.2) is 5.16 Å². The van der Waals surface area contributed by atoms with Crippen LogP contribution in [0.3, 0.4) is 0 Å². The molecule has 0 aliphatic rings. The predicted molar refractivity (Wildman–Crippen MR) is 107 cm³/mol. The molecule has 3 rings (SSSR count). The summed E-state index contributed by atoms with van der Waals surface area (Å²) in [7, 11) is 0. The van der Waals surface area contributed by atoms with Gasteiger partial charge in [-0.3, -0.25) is 4.79 Å². The Kier molecular flexibility index (Phi) is 6.23. The number of thioether (sulfide) groups is 1. The van der Waals surface area contributed by atoms with Crippen LogP contribution in [-0.4, -0.2) is 9.97 Å². The quantitative estimate of drug-likeness (QED) is 0.324. The number of nitrogens with zero attached hydrogens (tertiary/aromatic N) is 2. The fourth-order valence-corrected chi connectivity index (χ4v) is 3.68. The zero-order valence-corrected chi connectivity index (χ0v) is 16.8. The predicted octanol–water partition coefficient (Wildman–Crippen LogP) is 4.41. The van der Waals surface area contributed by atoms with E-state index in [2.05, 4.69) is 16.0 Å². The number of nitriles is 1. The molecule has 0 radical (unpaired) electrons. The average molecular weight is 495 g/mol. The van der Waals surface area contributed by atoms with Gasteiger partial charge >= 0.3 is 0 Å². The molecule has 4 nitrogen and oxygen atoms in total. The van der Waals surface area contributed by atoms with Crippen molar-refractivity contribution in [1.29, 1.82) is 5.26 Å². The minimum atomic E-state index is -0.666. The van der Waals surface area contributed by atoms with Gasteiger partial charge in [0, 0.05) is 18.2 Å². The molecule has 27 heavy (non-hydrogen) atoms. The number of nitrogens with one attached hydrogen (secondary N) is 1. The van der Waals surface area contributed by atoms with Crippen LogP contribution in [0.2, 0.25) is 0 Å². The summed E-state index contributed by atoms with van der Waals surface area (Å²) in [5, 5.41) is 9.25. The smallest absolute Gasteiger partial charge is 0.265 e. The standard InChI is InChI=1S/C19H12F2IN3OS/c20-14-5-13(6-15(21)8-14)7-16-17(22)18(26)25-19(24-16)27-10-12-3-1-11(9-23)2-4-12/h1-6,8H,7,10H2,(H,24,25,26). The highest BCUT2D eigenvalue weighted by Gasteiger charge is 2.12. The van der Waals surface area contributed by atoms with Crippen molar-refractivity contribution >= 4 is 34.4 Å². The lowest BCUT2D eigenvalue weighted by Gasteiger charge is -2.07. The molecule has 0 atom stereocenters. The SMILES string of the molecule is N#Cc1ccc(CSc2nc(Cc3cc(F)cc(F)c3)c(I)c(=O)[nH]2)cc1. The molecule has 8 heteroatoms. The van der Waals surface area contributed by atoms with Gasteiger partial charge in [0.05, 0.1) is 17.3 Å². The molecule has 0 bridgehead atoms. The van der Waals surface area contributed by atoms with E-state index >= 15 is 0 Å². The van der Waals surface area contributed by atoms with E-state index < -0.39 is 11.6 Å². The lowest BCUT2D eigenvalue weighted by Crippen LogP contribution is -2.16. The molecule has 0 unspecified atom stereocenters. The first-order chi connectivity index (χ1) is 12.9. The van der Waals surface area contributed by atoms with Crippen molar-refractivity contribution in [2.75, 3.05) is 0 Å². The zero-order valence-electron chi connectivity index (χ0n) is 13.8. The minimum absolute atomic E-state index is 0.154. The maximum absolute atomic E-state index is 13.4. The Morgan fingerprint density at radius 3 is 2.41 bits per heavy atom. The van der Waals surface area contributed by atoms with Gasteiger partial charge < -0.3 is 4.98 Å². The Hall–Kier alpha value is -2.25. The summed E-state index contributed by atoms with van der Waals surface area (Å²) in [5.74, 6) is -0.774. The van der Waals surface area contributed by atoms with Gasteiger partial charge in [0.2, 0.25) is 0 Å². The highest BCUT2D eigenvalue weighted by molar-refractivity contribution is 14.1. The third-order valence-electron chi connectivity index (χ3n) is 3.66. The maximum atomic E-state index is 13.4. The molecule has 0 saturated carbocycles. The lowest BCUT2D eigenvalue weighted by atomic mass is 10.1. The molecule has 3 aromatic rings. The Labute approximate surface area is 171 Å². The van der Waals surface area contributed by atoms with Crippen molar-refractivity contribution in [1.82, 2.24) is 9.97 Å². The van der Waals surface area contributed by atoms with Crippen LogP contribution in [0, 0.1) is 26.5 Å². The van der Waals surface area contributed by atoms with Gasteiger partial charge in [0.25, 0.3) is 5.56 Å². The van der Waals surface area contributed by atoms with Crippen LogP contribution < -0.4 is 5.56 Å². The molecule has 2 aromatic carbocycles. The van der Waals surface area contributed by atoms with Crippen LogP contribution in [0.15, 0.2) is 52.4 Å². The van der Waals surface area contributed by atoms with Gasteiger partial charge in [-0.2, -0.15) is 5.26 Å². The third-order valence-corrected chi connectivity index (χ3v) is 5.72. The van der Waals surface area contributed by atoms with Crippen molar-refractivity contribution in [3.63, 3.8) is 0 Å². The van der Waals surface area contributed by atoms with Gasteiger partial charge in [0.1, 0.15) is 15.2 Å². The van der Waals surface area contributed by atoms with Crippen LogP contribution in [-0.2, 0) is 12.2 Å². The minimum Gasteiger partial charge on any atom is -0.301 e. The van der Waals surface area contributed by atoms with Gasteiger partial charge in [-0.1, -0.05) is 23.9 Å². The lowest BCUT2D eigenvalue weighted by molar-refractivity contribution is 0.580. The molecule has 1 aromatic heterocycles. The first kappa shape index (κ1) is 19.5. The largest absolute Gasteiger partial charge is 0.301 e. The Morgan fingerprint density at radius 1 is 1.11 bits per heavy atom. The Bertz CT molecular complexity index is 1060. The van der Waals surface area contributed by atoms with E-state index in [0.717, 1.165) is 11.6 Å². The van der Waals surface area contributed by atoms with Crippen LogP contribution in [0.25, 0.3) is 0 Å². The van der Waals surface area contributed by atoms with E-state index in [0.29, 0.717) is 31.3 Å². The number of halogens is 3. The van der Waals surface area contributed by atoms with Gasteiger partial charge in [-0.05, 0) is 58.0 Å². The zero-order chi connectivity index (χ0) is 19.4. The van der Waals surface area contributed by atoms with Crippen molar-refractivity contribution in [2.24, 2.45) is 0 Å². The van der Waals surface area contributed by atoms with E-state index in [1.54, 1.807) is 12.1 Å². The molecule has 0 aliphatic heterocycles. The fraction of sp³-hybridized carbons (Fsp3) is 0.105. The monoisotopic (exact) mass is 495 g/mol. The van der Waals surface area contributed by atoms with Crippen molar-refractivity contribution in [2.45, 2.75) is 17.3 Å². The van der Waals surface area contributed by atoms with Gasteiger partial charge in [-0.25, -0.2) is 13.8 Å². The van der Waals surface area contributed by atoms with Crippen LogP contribution >= 0.6 is 34.4 Å². The summed E-state index contributed by atoms with van der Waals surface area (Å²) in [4.78, 5) is 19.3. The second-order valence-electron chi connectivity index (χ2n) is 5.68. The number of hydrogen-bond donors (Lipinski definition) is 1. The number of aromatic nitrogens is 2.